The van der Waals surface area contributed by atoms with Crippen molar-refractivity contribution in [1.29, 1.82) is 0 Å². The molecule has 22 heteroatoms. The number of oxime groups is 1. The fraction of sp³-hybridized carbons (Fsp3) is 0.571. The number of nitrogens with one attached hydrogen (secondary N) is 3. The molecule has 0 bridgehead atoms. The van der Waals surface area contributed by atoms with Gasteiger partial charge in [-0.1, -0.05) is 5.16 Å². The molecule has 3 aliphatic heterocycles. The smallest absolute Gasteiger partial charge is 0.418 e. The summed E-state index contributed by atoms with van der Waals surface area (Å²) < 4.78 is 47.5. The first-order chi connectivity index (χ1) is 26.6. The summed E-state index contributed by atoms with van der Waals surface area (Å²) in [5.41, 5.74) is 2.50. The largest absolute Gasteiger partial charge is 0.485 e. The minimum absolute atomic E-state index is 0.0208. The number of aryl methyl sites for hydroxylation is 1. The zero-order chi connectivity index (χ0) is 41.9. The van der Waals surface area contributed by atoms with Crippen LogP contribution in [-0.2, 0) is 45.1 Å². The van der Waals surface area contributed by atoms with Crippen LogP contribution in [0.5, 0.6) is 5.75 Å². The van der Waals surface area contributed by atoms with Crippen LogP contribution in [0, 0.1) is 5.92 Å². The van der Waals surface area contributed by atoms with Gasteiger partial charge >= 0.3 is 22.5 Å². The summed E-state index contributed by atoms with van der Waals surface area (Å²) in [6, 6.07) is 3.86. The number of nitrogens with zero attached hydrogens (tertiary/aromatic N) is 4. The molecule has 2 saturated heterocycles. The Labute approximate surface area is 333 Å². The zero-order valence-corrected chi connectivity index (χ0v) is 34.0. The van der Waals surface area contributed by atoms with Crippen molar-refractivity contribution in [2.24, 2.45) is 21.8 Å². The van der Waals surface area contributed by atoms with E-state index in [4.69, 9.17) is 24.6 Å². The third kappa shape index (κ3) is 10.5. The highest BCUT2D eigenvalue weighted by atomic mass is 32.3. The van der Waals surface area contributed by atoms with Crippen molar-refractivity contribution >= 4 is 62.3 Å². The third-order valence-corrected chi connectivity index (χ3v) is 10.7. The van der Waals surface area contributed by atoms with Crippen molar-refractivity contribution in [3.63, 3.8) is 0 Å². The number of β-lactam (4-membered cyclic amide) rings is 1. The average Bonchev–Trinajstić information content (AvgIpc) is 3.58. The molecule has 0 spiro atoms. The Morgan fingerprint density at radius 3 is 2.51 bits per heavy atom. The van der Waals surface area contributed by atoms with E-state index < -0.39 is 68.9 Å². The number of amidine groups is 1. The molecule has 0 radical (unpaired) electrons. The molecule has 5 rings (SSSR count). The lowest BCUT2D eigenvalue weighted by atomic mass is 9.84. The van der Waals surface area contributed by atoms with Crippen LogP contribution in [0.3, 0.4) is 0 Å². The number of hydrogen-bond acceptors (Lipinski definition) is 15. The number of piperidine rings is 1. The quantitative estimate of drug-likeness (QED) is 0.0524. The molecule has 1 aromatic carbocycles. The van der Waals surface area contributed by atoms with E-state index in [1.807, 2.05) is 6.07 Å². The van der Waals surface area contributed by atoms with Gasteiger partial charge < -0.3 is 35.8 Å². The predicted octanol–water partition coefficient (Wildman–Crippen LogP) is 2.38. The monoisotopic (exact) mass is 836 g/mol. The lowest BCUT2D eigenvalue weighted by molar-refractivity contribution is -0.218. The minimum atomic E-state index is -5.08. The van der Waals surface area contributed by atoms with Crippen LogP contribution in [0.25, 0.3) is 0 Å². The number of benzene rings is 1. The summed E-state index contributed by atoms with van der Waals surface area (Å²) in [6.45, 7) is 11.5. The average molecular weight is 837 g/mol. The molecule has 7 N–H and O–H groups in total. The highest BCUT2D eigenvalue weighted by molar-refractivity contribution is 7.80. The Hall–Kier alpha value is -4.90. The van der Waals surface area contributed by atoms with Gasteiger partial charge in [-0.3, -0.25) is 24.5 Å². The second-order valence-electron chi connectivity index (χ2n) is 15.5. The summed E-state index contributed by atoms with van der Waals surface area (Å²) >= 11 is 0.879. The number of rotatable bonds is 14. The molecule has 0 unspecified atom stereocenters. The molecule has 2 fully saturated rings. The molecular formula is C35H48N8O12S2. The van der Waals surface area contributed by atoms with Crippen LogP contribution in [0.1, 0.15) is 84.0 Å². The maximum Gasteiger partial charge on any atom is 0.418 e. The van der Waals surface area contributed by atoms with Gasteiger partial charge in [0.05, 0.1) is 5.54 Å². The number of carboxylic acids is 1. The molecule has 3 amide bonds. The molecule has 20 nitrogen and oxygen atoms in total. The predicted molar refractivity (Wildman–Crippen MR) is 206 cm³/mol. The Balaban J connectivity index is 1.36. The molecule has 4 heterocycles. The van der Waals surface area contributed by atoms with Crippen LogP contribution >= 0.6 is 11.3 Å². The highest BCUT2D eigenvalue weighted by Gasteiger charge is 2.58. The number of aromatic nitrogens is 1. The Morgan fingerprint density at radius 2 is 1.88 bits per heavy atom. The minimum Gasteiger partial charge on any atom is -0.485 e. The first kappa shape index (κ1) is 43.2. The van der Waals surface area contributed by atoms with Crippen molar-refractivity contribution in [3.05, 3.63) is 40.4 Å². The van der Waals surface area contributed by atoms with Crippen LogP contribution in [0.15, 0.2) is 33.7 Å². The molecule has 0 aliphatic carbocycles. The van der Waals surface area contributed by atoms with Gasteiger partial charge in [0.15, 0.2) is 16.9 Å². The molecule has 0 saturated carbocycles. The number of anilines is 1. The van der Waals surface area contributed by atoms with Gasteiger partial charge in [0.1, 0.15) is 28.9 Å². The van der Waals surface area contributed by atoms with E-state index >= 15 is 0 Å². The molecule has 1 aromatic heterocycles. The second-order valence-corrected chi connectivity index (χ2v) is 17.4. The topological polar surface area (TPSA) is 283 Å². The van der Waals surface area contributed by atoms with E-state index in [-0.39, 0.29) is 17.2 Å². The van der Waals surface area contributed by atoms with E-state index in [0.717, 1.165) is 49.3 Å². The summed E-state index contributed by atoms with van der Waals surface area (Å²) in [5, 5.41) is 24.3. The first-order valence-corrected chi connectivity index (χ1v) is 20.4. The van der Waals surface area contributed by atoms with Gasteiger partial charge in [-0.15, -0.1) is 15.6 Å². The van der Waals surface area contributed by atoms with Crippen LogP contribution in [-0.4, -0.2) is 112 Å². The first-order valence-electron chi connectivity index (χ1n) is 18.2. The number of hydrogen-bond donors (Lipinski definition) is 6. The number of carbonyl (C=O) groups excluding carboxylic acids is 3. The SMILES string of the molecule is CC(C)(C)OC(=O)Nc1nc(/C(=N/O[C@](C)(C(=O)O)[C@H]2CCc3cc(C(N)=NCCC4CCNCC4)ccc3O2)C(=O)N[C@@H]2C(=O)N(OS(=O)(=O)O)C2(C)C)cs1. The number of ether oxygens (including phenoxy) is 2. The molecule has 312 valence electrons. The van der Waals surface area contributed by atoms with Gasteiger partial charge in [0.2, 0.25) is 0 Å². The Morgan fingerprint density at radius 1 is 1.18 bits per heavy atom. The molecule has 3 atom stereocenters. The fourth-order valence-corrected chi connectivity index (χ4v) is 7.53. The van der Waals surface area contributed by atoms with Crippen molar-refractivity contribution < 1.29 is 55.9 Å². The zero-order valence-electron chi connectivity index (χ0n) is 32.4. The number of hydroxylamine groups is 2. The molecule has 2 aromatic rings. The number of nitrogens with two attached hydrogens (primary N) is 1. The lowest BCUT2D eigenvalue weighted by Crippen LogP contribution is -2.76. The summed E-state index contributed by atoms with van der Waals surface area (Å²) in [7, 11) is -5.08. The van der Waals surface area contributed by atoms with Gasteiger partial charge in [-0.25, -0.2) is 14.6 Å². The normalized spacial score (nSPS) is 21.3. The number of carbonyl (C=O) groups is 4. The van der Waals surface area contributed by atoms with Crippen molar-refractivity contribution in [3.8, 4) is 5.75 Å². The van der Waals surface area contributed by atoms with Crippen LogP contribution in [0.2, 0.25) is 0 Å². The number of carboxylic acid groups (broad SMARTS) is 1. The third-order valence-electron chi connectivity index (χ3n) is 9.64. The number of fused-ring (bicyclic) bond motifs is 1. The summed E-state index contributed by atoms with van der Waals surface area (Å²) in [4.78, 5) is 66.3. The molecule has 57 heavy (non-hydrogen) atoms. The van der Waals surface area contributed by atoms with E-state index in [0.29, 0.717) is 41.1 Å². The van der Waals surface area contributed by atoms with E-state index in [1.54, 1.807) is 32.9 Å². The Bertz CT molecular complexity index is 2040. The van der Waals surface area contributed by atoms with Gasteiger partial charge in [0.25, 0.3) is 17.4 Å². The van der Waals surface area contributed by atoms with E-state index in [9.17, 15) is 32.7 Å². The van der Waals surface area contributed by atoms with Crippen molar-refractivity contribution in [2.75, 3.05) is 25.0 Å². The van der Waals surface area contributed by atoms with Crippen molar-refractivity contribution in [1.82, 2.24) is 20.7 Å². The standard InChI is InChI=1S/C35H48N8O12S2/c1-33(2,3)53-32(48)41-31-39-22(18-56-31)25(28(44)40-26-29(45)43(34(26,4)5)55-57(49,50)51)42-54-35(6,30(46)47)24-10-8-20-17-21(7-9-23(20)52-24)27(36)38-16-13-19-11-14-37-15-12-19/h7,9,17-19,24,26,37H,8,10-16H2,1-6H3,(H2,36,38)(H,40,44)(H,46,47)(H,39,41,48)(H,49,50,51)/b42-25-/t24-,26-,35+/m1/s1. The number of aliphatic imine (C=N–C) groups is 1. The maximum atomic E-state index is 13.8. The number of aliphatic carboxylic acids is 1. The maximum absolute atomic E-state index is 13.8. The lowest BCUT2D eigenvalue weighted by Gasteiger charge is -2.50. The number of amides is 3. The molecular weight excluding hydrogens is 789 g/mol. The Kier molecular flexibility index (Phi) is 12.8. The van der Waals surface area contributed by atoms with Crippen molar-refractivity contribution in [2.45, 2.75) is 103 Å². The summed E-state index contributed by atoms with van der Waals surface area (Å²) in [5.74, 6) is -2.19. The molecule has 3 aliphatic rings. The van der Waals surface area contributed by atoms with Crippen LogP contribution in [0.4, 0.5) is 9.93 Å². The summed E-state index contributed by atoms with van der Waals surface area (Å²) in [6.07, 6.45) is 1.76. The van der Waals surface area contributed by atoms with Gasteiger partial charge in [-0.05, 0) is 116 Å². The van der Waals surface area contributed by atoms with Gasteiger partial charge in [0, 0.05) is 17.5 Å². The second kappa shape index (κ2) is 16.9. The number of thiazole rings is 1. The highest BCUT2D eigenvalue weighted by Crippen LogP contribution is 2.36. The van der Waals surface area contributed by atoms with E-state index in [1.165, 1.54) is 26.2 Å². The fourth-order valence-electron chi connectivity index (χ4n) is 6.40. The van der Waals surface area contributed by atoms with E-state index in [2.05, 4.69) is 35.4 Å². The van der Waals surface area contributed by atoms with Crippen LogP contribution < -0.4 is 26.4 Å². The van der Waals surface area contributed by atoms with Gasteiger partial charge in [-0.2, -0.15) is 13.5 Å².